The number of amides is 2. The van der Waals surface area contributed by atoms with E-state index < -0.39 is 22.5 Å². The monoisotopic (exact) mass is 445 g/mol. The normalized spacial score (nSPS) is 11.5. The Morgan fingerprint density at radius 2 is 1.58 bits per heavy atom. The van der Waals surface area contributed by atoms with Crippen LogP contribution in [0.2, 0.25) is 0 Å². The molecular weight excluding hydrogens is 414 g/mol. The molecule has 31 heavy (non-hydrogen) atoms. The van der Waals surface area contributed by atoms with Crippen molar-refractivity contribution in [1.29, 1.82) is 0 Å². The fourth-order valence-corrected chi connectivity index (χ4v) is 3.96. The third-order valence-electron chi connectivity index (χ3n) is 4.63. The molecule has 8 heteroatoms. The van der Waals surface area contributed by atoms with Gasteiger partial charge in [0.1, 0.15) is 6.54 Å². The average Bonchev–Trinajstić information content (AvgIpc) is 2.69. The summed E-state index contributed by atoms with van der Waals surface area (Å²) in [6.45, 7) is 8.02. The van der Waals surface area contributed by atoms with Crippen molar-refractivity contribution in [3.8, 4) is 0 Å². The molecule has 2 rings (SSSR count). The van der Waals surface area contributed by atoms with Crippen LogP contribution < -0.4 is 14.9 Å². The number of sulfonamides is 1. The maximum absolute atomic E-state index is 12.8. The van der Waals surface area contributed by atoms with Gasteiger partial charge in [0.25, 0.3) is 5.91 Å². The van der Waals surface area contributed by atoms with Gasteiger partial charge in [0.2, 0.25) is 15.9 Å². The number of anilines is 2. The molecule has 0 aromatic heterocycles. The molecule has 0 atom stereocenters. The van der Waals surface area contributed by atoms with E-state index in [1.165, 1.54) is 0 Å². The summed E-state index contributed by atoms with van der Waals surface area (Å²) in [6, 6.07) is 13.8. The number of rotatable bonds is 9. The minimum Gasteiger partial charge on any atom is -0.352 e. The molecule has 0 heterocycles. The largest absolute Gasteiger partial charge is 0.352 e. The van der Waals surface area contributed by atoms with Gasteiger partial charge >= 0.3 is 0 Å². The SMILES string of the molecule is CC(C)CNC(=O)c1ccccc1NC(=O)CN(c1ccccc1C(C)C)S(C)(=O)=O. The Labute approximate surface area is 184 Å². The van der Waals surface area contributed by atoms with Gasteiger partial charge in [0.05, 0.1) is 23.2 Å². The van der Waals surface area contributed by atoms with Gasteiger partial charge in [0.15, 0.2) is 0 Å². The van der Waals surface area contributed by atoms with Crippen LogP contribution in [0.15, 0.2) is 48.5 Å². The highest BCUT2D eigenvalue weighted by Crippen LogP contribution is 2.29. The zero-order chi connectivity index (χ0) is 23.2. The Morgan fingerprint density at radius 3 is 2.19 bits per heavy atom. The van der Waals surface area contributed by atoms with Crippen molar-refractivity contribution in [2.45, 2.75) is 33.6 Å². The van der Waals surface area contributed by atoms with Gasteiger partial charge < -0.3 is 10.6 Å². The third-order valence-corrected chi connectivity index (χ3v) is 5.76. The smallest absolute Gasteiger partial charge is 0.253 e. The molecule has 2 aromatic carbocycles. The summed E-state index contributed by atoms with van der Waals surface area (Å²) in [5.74, 6) is -0.466. The molecule has 168 valence electrons. The highest BCUT2D eigenvalue weighted by atomic mass is 32.2. The van der Waals surface area contributed by atoms with E-state index in [0.29, 0.717) is 23.5 Å². The van der Waals surface area contributed by atoms with Crippen LogP contribution in [0.4, 0.5) is 11.4 Å². The number of carbonyl (C=O) groups excluding carboxylic acids is 2. The Morgan fingerprint density at radius 1 is 0.968 bits per heavy atom. The Bertz CT molecular complexity index is 1030. The van der Waals surface area contributed by atoms with E-state index in [9.17, 15) is 18.0 Å². The van der Waals surface area contributed by atoms with Crippen LogP contribution in [-0.4, -0.2) is 39.6 Å². The van der Waals surface area contributed by atoms with Crippen LogP contribution in [0.3, 0.4) is 0 Å². The summed E-state index contributed by atoms with van der Waals surface area (Å²) in [5.41, 5.74) is 1.96. The average molecular weight is 446 g/mol. The molecule has 0 aliphatic heterocycles. The molecule has 7 nitrogen and oxygen atoms in total. The Balaban J connectivity index is 2.27. The first kappa shape index (κ1) is 24.4. The summed E-state index contributed by atoms with van der Waals surface area (Å²) < 4.78 is 26.1. The van der Waals surface area contributed by atoms with Crippen LogP contribution in [0, 0.1) is 5.92 Å². The van der Waals surface area contributed by atoms with Crippen molar-refractivity contribution in [3.05, 3.63) is 59.7 Å². The number of hydrogen-bond acceptors (Lipinski definition) is 4. The van der Waals surface area contributed by atoms with Gasteiger partial charge in [-0.3, -0.25) is 13.9 Å². The molecule has 2 amide bonds. The quantitative estimate of drug-likeness (QED) is 0.616. The lowest BCUT2D eigenvalue weighted by atomic mass is 10.0. The van der Waals surface area contributed by atoms with E-state index in [4.69, 9.17) is 0 Å². The van der Waals surface area contributed by atoms with E-state index in [1.807, 2.05) is 39.8 Å². The zero-order valence-corrected chi connectivity index (χ0v) is 19.5. The minimum atomic E-state index is -3.71. The van der Waals surface area contributed by atoms with E-state index in [0.717, 1.165) is 16.1 Å². The predicted octanol–water partition coefficient (Wildman–Crippen LogP) is 3.60. The zero-order valence-electron chi connectivity index (χ0n) is 18.7. The van der Waals surface area contributed by atoms with Gasteiger partial charge in [-0.2, -0.15) is 0 Å². The molecule has 2 N–H and O–H groups in total. The molecule has 0 aliphatic carbocycles. The molecule has 0 saturated carbocycles. The standard InChI is InChI=1S/C23H31N3O4S/c1-16(2)14-24-23(28)19-11-6-8-12-20(19)25-22(27)15-26(31(5,29)30)21-13-9-7-10-18(21)17(3)4/h6-13,16-17H,14-15H2,1-5H3,(H,24,28)(H,25,27). The maximum Gasteiger partial charge on any atom is 0.253 e. The van der Waals surface area contributed by atoms with Crippen LogP contribution in [0.5, 0.6) is 0 Å². The second-order valence-electron chi connectivity index (χ2n) is 8.18. The van der Waals surface area contributed by atoms with Gasteiger partial charge in [-0.05, 0) is 35.6 Å². The molecule has 0 unspecified atom stereocenters. The van der Waals surface area contributed by atoms with E-state index in [-0.39, 0.29) is 17.7 Å². The van der Waals surface area contributed by atoms with Gasteiger partial charge in [-0.25, -0.2) is 8.42 Å². The summed E-state index contributed by atoms with van der Waals surface area (Å²) in [5, 5.41) is 5.52. The molecular formula is C23H31N3O4S. The molecule has 0 aliphatic rings. The Kier molecular flexibility index (Phi) is 8.21. The lowest BCUT2D eigenvalue weighted by Gasteiger charge is -2.25. The predicted molar refractivity (Wildman–Crippen MR) is 125 cm³/mol. The molecule has 0 spiro atoms. The second kappa shape index (κ2) is 10.4. The van der Waals surface area contributed by atoms with Crippen molar-refractivity contribution < 1.29 is 18.0 Å². The van der Waals surface area contributed by atoms with Gasteiger partial charge in [0, 0.05) is 6.54 Å². The number of nitrogens with zero attached hydrogens (tertiary/aromatic N) is 1. The summed E-state index contributed by atoms with van der Waals surface area (Å²) >= 11 is 0. The summed E-state index contributed by atoms with van der Waals surface area (Å²) in [6.07, 6.45) is 1.07. The number of para-hydroxylation sites is 2. The highest BCUT2D eigenvalue weighted by molar-refractivity contribution is 7.92. The molecule has 0 fully saturated rings. The van der Waals surface area contributed by atoms with Crippen LogP contribution in [0.1, 0.15) is 49.5 Å². The van der Waals surface area contributed by atoms with Crippen molar-refractivity contribution >= 4 is 33.2 Å². The van der Waals surface area contributed by atoms with Gasteiger partial charge in [-0.1, -0.05) is 58.0 Å². The summed E-state index contributed by atoms with van der Waals surface area (Å²) in [7, 11) is -3.71. The first-order valence-corrected chi connectivity index (χ1v) is 12.1. The van der Waals surface area contributed by atoms with E-state index in [2.05, 4.69) is 10.6 Å². The number of benzene rings is 2. The third kappa shape index (κ3) is 6.82. The second-order valence-corrected chi connectivity index (χ2v) is 10.1. The minimum absolute atomic E-state index is 0.0777. The number of carbonyl (C=O) groups is 2. The number of nitrogens with one attached hydrogen (secondary N) is 2. The van der Waals surface area contributed by atoms with E-state index >= 15 is 0 Å². The van der Waals surface area contributed by atoms with Crippen LogP contribution in [0.25, 0.3) is 0 Å². The van der Waals surface area contributed by atoms with Crippen molar-refractivity contribution in [1.82, 2.24) is 5.32 Å². The topological polar surface area (TPSA) is 95.6 Å². The summed E-state index contributed by atoms with van der Waals surface area (Å²) in [4.78, 5) is 25.3. The molecule has 0 radical (unpaired) electrons. The fourth-order valence-electron chi connectivity index (χ4n) is 3.09. The van der Waals surface area contributed by atoms with Crippen molar-refractivity contribution in [3.63, 3.8) is 0 Å². The first-order chi connectivity index (χ1) is 14.5. The van der Waals surface area contributed by atoms with E-state index in [1.54, 1.807) is 36.4 Å². The van der Waals surface area contributed by atoms with Gasteiger partial charge in [-0.15, -0.1) is 0 Å². The van der Waals surface area contributed by atoms with Crippen molar-refractivity contribution in [2.24, 2.45) is 5.92 Å². The first-order valence-electron chi connectivity index (χ1n) is 10.2. The molecule has 2 aromatic rings. The lowest BCUT2D eigenvalue weighted by Crippen LogP contribution is -2.38. The molecule has 0 bridgehead atoms. The Hall–Kier alpha value is -2.87. The van der Waals surface area contributed by atoms with Crippen LogP contribution >= 0.6 is 0 Å². The van der Waals surface area contributed by atoms with Crippen molar-refractivity contribution in [2.75, 3.05) is 29.0 Å². The number of hydrogen-bond donors (Lipinski definition) is 2. The molecule has 0 saturated heterocycles. The maximum atomic E-state index is 12.8. The highest BCUT2D eigenvalue weighted by Gasteiger charge is 2.24. The van der Waals surface area contributed by atoms with Crippen LogP contribution in [-0.2, 0) is 14.8 Å². The lowest BCUT2D eigenvalue weighted by molar-refractivity contribution is -0.114. The fraction of sp³-hybridized carbons (Fsp3) is 0.391.